The fourth-order valence-electron chi connectivity index (χ4n) is 2.13. The molecule has 0 atom stereocenters. The number of rotatable bonds is 5. The first-order valence-corrected chi connectivity index (χ1v) is 6.18. The largest absolute Gasteiger partial charge is 0.307 e. The summed E-state index contributed by atoms with van der Waals surface area (Å²) in [4.78, 5) is 9.78. The summed E-state index contributed by atoms with van der Waals surface area (Å²) in [7, 11) is 0. The van der Waals surface area contributed by atoms with Crippen molar-refractivity contribution in [2.75, 3.05) is 0 Å². The lowest BCUT2D eigenvalue weighted by Crippen LogP contribution is -2.40. The lowest BCUT2D eigenvalue weighted by molar-refractivity contribution is -0.387. The Kier molecular flexibility index (Phi) is 3.54. The highest BCUT2D eigenvalue weighted by Crippen LogP contribution is 2.39. The van der Waals surface area contributed by atoms with Crippen molar-refractivity contribution < 1.29 is 13.7 Å². The van der Waals surface area contributed by atoms with Gasteiger partial charge < -0.3 is 5.32 Å². The van der Waals surface area contributed by atoms with E-state index in [-0.39, 0.29) is 17.6 Å². The van der Waals surface area contributed by atoms with Crippen LogP contribution in [-0.4, -0.2) is 10.5 Å². The van der Waals surface area contributed by atoms with E-state index < -0.39 is 22.2 Å². The zero-order valence-corrected chi connectivity index (χ0v) is 10.9. The summed E-state index contributed by atoms with van der Waals surface area (Å²) < 4.78 is 26.8. The van der Waals surface area contributed by atoms with Crippen molar-refractivity contribution in [3.8, 4) is 0 Å². The number of nitrogens with zero attached hydrogens (tertiary/aromatic N) is 1. The molecule has 4 nitrogen and oxygen atoms in total. The molecule has 0 unspecified atom stereocenters. The van der Waals surface area contributed by atoms with Gasteiger partial charge in [-0.1, -0.05) is 0 Å². The van der Waals surface area contributed by atoms with Gasteiger partial charge in [-0.3, -0.25) is 10.1 Å². The molecular formula is C13H16F2N2O2. The van der Waals surface area contributed by atoms with E-state index in [9.17, 15) is 18.9 Å². The molecule has 2 rings (SSSR count). The van der Waals surface area contributed by atoms with Crippen LogP contribution < -0.4 is 5.32 Å². The number of hydrogen-bond acceptors (Lipinski definition) is 3. The molecule has 1 fully saturated rings. The average molecular weight is 270 g/mol. The molecule has 0 bridgehead atoms. The number of hydrogen-bond donors (Lipinski definition) is 1. The lowest BCUT2D eigenvalue weighted by atomic mass is 9.98. The SMILES string of the molecule is CC(C)(NCc1cc([N+](=O)[O-])c(F)cc1F)C1CC1. The first kappa shape index (κ1) is 13.9. The highest BCUT2D eigenvalue weighted by atomic mass is 19.1. The Morgan fingerprint density at radius 2 is 2.00 bits per heavy atom. The second kappa shape index (κ2) is 4.85. The van der Waals surface area contributed by atoms with Crippen LogP contribution in [0.15, 0.2) is 12.1 Å². The number of nitro groups is 1. The molecule has 1 aromatic rings. The molecule has 104 valence electrons. The smallest absolute Gasteiger partial charge is 0.305 e. The standard InChI is InChI=1S/C13H16F2N2O2/c1-13(2,9-3-4-9)16-7-8-5-12(17(18)19)11(15)6-10(8)14/h5-6,9,16H,3-4,7H2,1-2H3. The Morgan fingerprint density at radius 3 is 2.53 bits per heavy atom. The fourth-order valence-corrected chi connectivity index (χ4v) is 2.13. The van der Waals surface area contributed by atoms with Crippen LogP contribution in [0, 0.1) is 27.7 Å². The fraction of sp³-hybridized carbons (Fsp3) is 0.538. The van der Waals surface area contributed by atoms with Crippen molar-refractivity contribution in [1.82, 2.24) is 5.32 Å². The zero-order chi connectivity index (χ0) is 14.2. The molecular weight excluding hydrogens is 254 g/mol. The number of benzene rings is 1. The van der Waals surface area contributed by atoms with E-state index >= 15 is 0 Å². The highest BCUT2D eigenvalue weighted by molar-refractivity contribution is 5.37. The molecule has 0 aromatic heterocycles. The summed E-state index contributed by atoms with van der Waals surface area (Å²) in [5.41, 5.74) is -0.723. The molecule has 1 aliphatic rings. The monoisotopic (exact) mass is 270 g/mol. The molecule has 1 aromatic carbocycles. The molecule has 0 spiro atoms. The van der Waals surface area contributed by atoms with E-state index in [1.54, 1.807) is 0 Å². The molecule has 0 aliphatic heterocycles. The molecule has 1 saturated carbocycles. The molecule has 19 heavy (non-hydrogen) atoms. The number of halogens is 2. The zero-order valence-electron chi connectivity index (χ0n) is 10.9. The van der Waals surface area contributed by atoms with Crippen LogP contribution in [0.25, 0.3) is 0 Å². The molecule has 0 radical (unpaired) electrons. The van der Waals surface area contributed by atoms with Crippen molar-refractivity contribution >= 4 is 5.69 Å². The quantitative estimate of drug-likeness (QED) is 0.660. The van der Waals surface area contributed by atoms with Crippen LogP contribution >= 0.6 is 0 Å². The van der Waals surface area contributed by atoms with Crippen molar-refractivity contribution in [3.05, 3.63) is 39.4 Å². The van der Waals surface area contributed by atoms with E-state index in [4.69, 9.17) is 0 Å². The maximum Gasteiger partial charge on any atom is 0.305 e. The third-order valence-corrected chi connectivity index (χ3v) is 3.64. The molecule has 1 aliphatic carbocycles. The topological polar surface area (TPSA) is 55.2 Å². The van der Waals surface area contributed by atoms with Crippen molar-refractivity contribution in [3.63, 3.8) is 0 Å². The van der Waals surface area contributed by atoms with Gasteiger partial charge in [0.15, 0.2) is 0 Å². The van der Waals surface area contributed by atoms with Gasteiger partial charge in [0.1, 0.15) is 5.82 Å². The summed E-state index contributed by atoms with van der Waals surface area (Å²) in [6.45, 7) is 4.18. The number of nitrogens with one attached hydrogen (secondary N) is 1. The van der Waals surface area contributed by atoms with Gasteiger partial charge in [-0.2, -0.15) is 4.39 Å². The van der Waals surface area contributed by atoms with Gasteiger partial charge in [0.05, 0.1) is 4.92 Å². The summed E-state index contributed by atoms with van der Waals surface area (Å²) in [5, 5.41) is 13.8. The average Bonchev–Trinajstić information content (AvgIpc) is 3.11. The van der Waals surface area contributed by atoms with Crippen molar-refractivity contribution in [2.24, 2.45) is 5.92 Å². The summed E-state index contributed by atoms with van der Waals surface area (Å²) in [5.74, 6) is -1.36. The summed E-state index contributed by atoms with van der Waals surface area (Å²) in [6, 6.07) is 1.53. The molecule has 6 heteroatoms. The van der Waals surface area contributed by atoms with Gasteiger partial charge in [0.25, 0.3) is 0 Å². The first-order valence-electron chi connectivity index (χ1n) is 6.18. The summed E-state index contributed by atoms with van der Waals surface area (Å²) in [6.07, 6.45) is 2.26. The predicted octanol–water partition coefficient (Wildman–Crippen LogP) is 3.15. The Morgan fingerprint density at radius 1 is 1.37 bits per heavy atom. The maximum absolute atomic E-state index is 13.6. The van der Waals surface area contributed by atoms with E-state index in [0.717, 1.165) is 18.9 Å². The number of nitro benzene ring substituents is 1. The second-order valence-corrected chi connectivity index (χ2v) is 5.50. The van der Waals surface area contributed by atoms with Crippen molar-refractivity contribution in [1.29, 1.82) is 0 Å². The van der Waals surface area contributed by atoms with Gasteiger partial charge in [0, 0.05) is 29.8 Å². The molecule has 0 saturated heterocycles. The van der Waals surface area contributed by atoms with E-state index in [1.165, 1.54) is 0 Å². The van der Waals surface area contributed by atoms with Crippen LogP contribution in [0.2, 0.25) is 0 Å². The minimum Gasteiger partial charge on any atom is -0.307 e. The Labute approximate surface area is 110 Å². The van der Waals surface area contributed by atoms with Crippen molar-refractivity contribution in [2.45, 2.75) is 38.8 Å². The Hall–Kier alpha value is -1.56. The maximum atomic E-state index is 13.6. The van der Waals surface area contributed by atoms with E-state index in [2.05, 4.69) is 5.32 Å². The minimum atomic E-state index is -1.15. The van der Waals surface area contributed by atoms with Gasteiger partial charge in [0.2, 0.25) is 5.82 Å². The molecule has 0 amide bonds. The predicted molar refractivity (Wildman–Crippen MR) is 66.7 cm³/mol. The molecule has 1 N–H and O–H groups in total. The van der Waals surface area contributed by atoms with Crippen LogP contribution in [0.1, 0.15) is 32.3 Å². The van der Waals surface area contributed by atoms with Crippen LogP contribution in [0.5, 0.6) is 0 Å². The van der Waals surface area contributed by atoms with Crippen LogP contribution in [0.3, 0.4) is 0 Å². The third-order valence-electron chi connectivity index (χ3n) is 3.64. The van der Waals surface area contributed by atoms with E-state index in [1.807, 2.05) is 13.8 Å². The van der Waals surface area contributed by atoms with Gasteiger partial charge in [-0.05, 0) is 32.6 Å². The van der Waals surface area contributed by atoms with Gasteiger partial charge in [-0.15, -0.1) is 0 Å². The first-order chi connectivity index (χ1) is 8.81. The lowest BCUT2D eigenvalue weighted by Gasteiger charge is -2.26. The van der Waals surface area contributed by atoms with Gasteiger partial charge >= 0.3 is 5.69 Å². The van der Waals surface area contributed by atoms with Gasteiger partial charge in [-0.25, -0.2) is 4.39 Å². The third kappa shape index (κ3) is 3.07. The highest BCUT2D eigenvalue weighted by Gasteiger charge is 2.37. The van der Waals surface area contributed by atoms with Crippen LogP contribution in [-0.2, 0) is 6.54 Å². The normalized spacial score (nSPS) is 15.6. The second-order valence-electron chi connectivity index (χ2n) is 5.50. The Balaban J connectivity index is 2.15. The molecule has 0 heterocycles. The summed E-state index contributed by atoms with van der Waals surface area (Å²) >= 11 is 0. The van der Waals surface area contributed by atoms with E-state index in [0.29, 0.717) is 12.0 Å². The van der Waals surface area contributed by atoms with Crippen LogP contribution in [0.4, 0.5) is 14.5 Å². The Bertz CT molecular complexity index is 514. The minimum absolute atomic E-state index is 0.113.